The molecule has 4 nitrogen and oxygen atoms in total. The van der Waals surface area contributed by atoms with E-state index in [1.807, 2.05) is 19.1 Å². The molecule has 1 amide bonds. The molecule has 0 bridgehead atoms. The van der Waals surface area contributed by atoms with E-state index in [4.69, 9.17) is 5.73 Å². The van der Waals surface area contributed by atoms with Crippen LogP contribution in [0, 0.1) is 0 Å². The number of benzene rings is 2. The number of carbonyl (C=O) groups is 1. The van der Waals surface area contributed by atoms with Crippen LogP contribution in [-0.4, -0.2) is 17.1 Å². The van der Waals surface area contributed by atoms with Gasteiger partial charge in [-0.05, 0) is 55.3 Å². The lowest BCUT2D eigenvalue weighted by atomic mass is 10.1. The molecule has 0 saturated carbocycles. The molecule has 21 heavy (non-hydrogen) atoms. The number of nitrogens with two attached hydrogens (primary N) is 1. The Balaban J connectivity index is 2.05. The third-order valence-corrected chi connectivity index (χ3v) is 4.22. The lowest BCUT2D eigenvalue weighted by molar-refractivity contribution is 0.0979. The van der Waals surface area contributed by atoms with Gasteiger partial charge in [0.05, 0.1) is 5.56 Å². The number of halogens is 1. The average Bonchev–Trinajstić information content (AvgIpc) is 2.75. The first kappa shape index (κ1) is 13.9. The van der Waals surface area contributed by atoms with Crippen LogP contribution in [0.5, 0.6) is 5.75 Å². The van der Waals surface area contributed by atoms with E-state index in [2.05, 4.69) is 15.9 Å². The molecule has 3 N–H and O–H groups in total. The Hall–Kier alpha value is -2.01. The normalized spacial score (nSPS) is 16.9. The molecule has 108 valence electrons. The van der Waals surface area contributed by atoms with E-state index >= 15 is 0 Å². The van der Waals surface area contributed by atoms with E-state index in [0.717, 1.165) is 22.1 Å². The Morgan fingerprint density at radius 1 is 1.33 bits per heavy atom. The van der Waals surface area contributed by atoms with E-state index in [0.29, 0.717) is 11.3 Å². The van der Waals surface area contributed by atoms with Gasteiger partial charge in [-0.2, -0.15) is 0 Å². The molecule has 1 aliphatic heterocycles. The predicted octanol–water partition coefficient (Wildman–Crippen LogP) is 3.33. The average molecular weight is 347 g/mol. The van der Waals surface area contributed by atoms with Gasteiger partial charge >= 0.3 is 0 Å². The molecule has 1 aliphatic rings. The summed E-state index contributed by atoms with van der Waals surface area (Å²) >= 11 is 3.33. The lowest BCUT2D eigenvalue weighted by Crippen LogP contribution is -2.35. The highest BCUT2D eigenvalue weighted by Crippen LogP contribution is 2.36. The highest BCUT2D eigenvalue weighted by Gasteiger charge is 2.32. The number of carbonyl (C=O) groups excluding carboxylic acids is 1. The zero-order chi connectivity index (χ0) is 15.1. The van der Waals surface area contributed by atoms with Crippen molar-refractivity contribution in [2.24, 2.45) is 0 Å². The number of nitrogens with zero attached hydrogens (tertiary/aromatic N) is 1. The fourth-order valence-electron chi connectivity index (χ4n) is 2.77. The molecular weight excluding hydrogens is 332 g/mol. The maximum atomic E-state index is 12.8. The highest BCUT2D eigenvalue weighted by molar-refractivity contribution is 9.10. The molecule has 2 aromatic rings. The van der Waals surface area contributed by atoms with E-state index in [1.165, 1.54) is 6.07 Å². The van der Waals surface area contributed by atoms with Crippen molar-refractivity contribution in [2.45, 2.75) is 19.4 Å². The molecule has 1 heterocycles. The minimum atomic E-state index is -0.204. The van der Waals surface area contributed by atoms with Crippen molar-refractivity contribution >= 4 is 33.2 Å². The SMILES string of the molecule is CC1Cc2cc(N)ccc2N1C(=O)c1cc(Br)ccc1O. The summed E-state index contributed by atoms with van der Waals surface area (Å²) in [5, 5.41) is 9.96. The van der Waals surface area contributed by atoms with Crippen molar-refractivity contribution in [1.29, 1.82) is 0 Å². The second kappa shape index (κ2) is 5.07. The minimum absolute atomic E-state index is 0.0145. The van der Waals surface area contributed by atoms with Crippen LogP contribution in [0.3, 0.4) is 0 Å². The van der Waals surface area contributed by atoms with Crippen molar-refractivity contribution in [3.63, 3.8) is 0 Å². The van der Waals surface area contributed by atoms with Crippen LogP contribution in [-0.2, 0) is 6.42 Å². The number of hydrogen-bond acceptors (Lipinski definition) is 3. The number of hydrogen-bond donors (Lipinski definition) is 2. The quantitative estimate of drug-likeness (QED) is 0.778. The maximum Gasteiger partial charge on any atom is 0.262 e. The molecule has 3 rings (SSSR count). The molecule has 1 atom stereocenters. The molecule has 0 saturated heterocycles. The largest absolute Gasteiger partial charge is 0.507 e. The molecule has 0 fully saturated rings. The topological polar surface area (TPSA) is 66.6 Å². The Morgan fingerprint density at radius 2 is 2.10 bits per heavy atom. The molecule has 0 aromatic heterocycles. The number of aromatic hydroxyl groups is 1. The number of rotatable bonds is 1. The Kier molecular flexibility index (Phi) is 3.37. The summed E-state index contributed by atoms with van der Waals surface area (Å²) in [4.78, 5) is 14.5. The van der Waals surface area contributed by atoms with Crippen molar-refractivity contribution in [1.82, 2.24) is 0 Å². The Labute approximate surface area is 131 Å². The second-order valence-corrected chi connectivity index (χ2v) is 6.19. The first-order valence-corrected chi connectivity index (χ1v) is 7.47. The van der Waals surface area contributed by atoms with E-state index in [-0.39, 0.29) is 17.7 Å². The van der Waals surface area contributed by atoms with E-state index in [9.17, 15) is 9.90 Å². The third kappa shape index (κ3) is 2.38. The molecule has 2 aromatic carbocycles. The van der Waals surface area contributed by atoms with Gasteiger partial charge in [0.1, 0.15) is 5.75 Å². The summed E-state index contributed by atoms with van der Waals surface area (Å²) in [7, 11) is 0. The number of anilines is 2. The van der Waals surface area contributed by atoms with Gasteiger partial charge in [-0.15, -0.1) is 0 Å². The van der Waals surface area contributed by atoms with Crippen molar-refractivity contribution in [2.75, 3.05) is 10.6 Å². The summed E-state index contributed by atoms with van der Waals surface area (Å²) in [6.45, 7) is 1.99. The molecule has 1 unspecified atom stereocenters. The van der Waals surface area contributed by atoms with Gasteiger partial charge in [-0.1, -0.05) is 15.9 Å². The summed E-state index contributed by atoms with van der Waals surface area (Å²) in [5.41, 5.74) is 8.71. The minimum Gasteiger partial charge on any atom is -0.507 e. The number of nitrogen functional groups attached to an aromatic ring is 1. The van der Waals surface area contributed by atoms with Crippen LogP contribution in [0.25, 0.3) is 0 Å². The molecule has 0 spiro atoms. The third-order valence-electron chi connectivity index (χ3n) is 3.73. The summed E-state index contributed by atoms with van der Waals surface area (Å²) in [6, 6.07) is 10.4. The van der Waals surface area contributed by atoms with Crippen molar-refractivity contribution in [3.8, 4) is 5.75 Å². The van der Waals surface area contributed by atoms with Crippen LogP contribution in [0.4, 0.5) is 11.4 Å². The van der Waals surface area contributed by atoms with Crippen molar-refractivity contribution in [3.05, 3.63) is 52.0 Å². The van der Waals surface area contributed by atoms with Crippen LogP contribution in [0.2, 0.25) is 0 Å². The zero-order valence-corrected chi connectivity index (χ0v) is 13.1. The molecule has 5 heteroatoms. The second-order valence-electron chi connectivity index (χ2n) is 5.28. The number of phenols is 1. The Morgan fingerprint density at radius 3 is 2.86 bits per heavy atom. The highest BCUT2D eigenvalue weighted by atomic mass is 79.9. The zero-order valence-electron chi connectivity index (χ0n) is 11.5. The fourth-order valence-corrected chi connectivity index (χ4v) is 3.13. The smallest absolute Gasteiger partial charge is 0.262 e. The van der Waals surface area contributed by atoms with E-state index < -0.39 is 0 Å². The van der Waals surface area contributed by atoms with Gasteiger partial charge in [0.15, 0.2) is 0 Å². The van der Waals surface area contributed by atoms with Gasteiger partial charge in [0, 0.05) is 21.9 Å². The summed E-state index contributed by atoms with van der Waals surface area (Å²) < 4.78 is 0.757. The molecular formula is C16H15BrN2O2. The standard InChI is InChI=1S/C16H15BrN2O2/c1-9-6-10-7-12(18)3-4-14(10)19(9)16(21)13-8-11(17)2-5-15(13)20/h2-5,7-9,20H,6,18H2,1H3. The maximum absolute atomic E-state index is 12.8. The van der Waals surface area contributed by atoms with Gasteiger partial charge in [0.2, 0.25) is 0 Å². The van der Waals surface area contributed by atoms with Crippen LogP contribution >= 0.6 is 15.9 Å². The van der Waals surface area contributed by atoms with Crippen LogP contribution in [0.1, 0.15) is 22.8 Å². The van der Waals surface area contributed by atoms with Gasteiger partial charge in [-0.25, -0.2) is 0 Å². The van der Waals surface area contributed by atoms with Crippen molar-refractivity contribution < 1.29 is 9.90 Å². The number of amides is 1. The van der Waals surface area contributed by atoms with E-state index in [1.54, 1.807) is 23.1 Å². The Bertz CT molecular complexity index is 730. The first-order valence-electron chi connectivity index (χ1n) is 6.68. The summed E-state index contributed by atoms with van der Waals surface area (Å²) in [5.74, 6) is -0.218. The van der Waals surface area contributed by atoms with Gasteiger partial charge in [-0.3, -0.25) is 4.79 Å². The van der Waals surface area contributed by atoms with Gasteiger partial charge in [0.25, 0.3) is 5.91 Å². The predicted molar refractivity (Wildman–Crippen MR) is 86.6 cm³/mol. The monoisotopic (exact) mass is 346 g/mol. The molecule has 0 radical (unpaired) electrons. The lowest BCUT2D eigenvalue weighted by Gasteiger charge is -2.23. The van der Waals surface area contributed by atoms with Crippen LogP contribution in [0.15, 0.2) is 40.9 Å². The van der Waals surface area contributed by atoms with Crippen LogP contribution < -0.4 is 10.6 Å². The number of fused-ring (bicyclic) bond motifs is 1. The fraction of sp³-hybridized carbons (Fsp3) is 0.188. The number of phenolic OH excluding ortho intramolecular Hbond substituents is 1. The summed E-state index contributed by atoms with van der Waals surface area (Å²) in [6.07, 6.45) is 0.765. The molecule has 0 aliphatic carbocycles. The van der Waals surface area contributed by atoms with Gasteiger partial charge < -0.3 is 15.7 Å². The first-order chi connectivity index (χ1) is 9.97.